The van der Waals surface area contributed by atoms with E-state index in [9.17, 15) is 9.59 Å². The zero-order chi connectivity index (χ0) is 17.6. The third kappa shape index (κ3) is 3.77. The van der Waals surface area contributed by atoms with Gasteiger partial charge >= 0.3 is 5.97 Å². The summed E-state index contributed by atoms with van der Waals surface area (Å²) in [5.74, 6) is 0.305. The number of benzene rings is 1. The van der Waals surface area contributed by atoms with E-state index in [0.717, 1.165) is 0 Å². The van der Waals surface area contributed by atoms with Gasteiger partial charge in [-0.3, -0.25) is 9.59 Å². The number of rotatable bonds is 6. The van der Waals surface area contributed by atoms with E-state index in [1.165, 1.54) is 7.11 Å². The average molecular weight is 332 g/mol. The Morgan fingerprint density at radius 2 is 2.25 bits per heavy atom. The van der Waals surface area contributed by atoms with E-state index >= 15 is 0 Å². The Morgan fingerprint density at radius 1 is 1.46 bits per heavy atom. The van der Waals surface area contributed by atoms with Gasteiger partial charge in [-0.15, -0.1) is 0 Å². The molecule has 1 aromatic carbocycles. The minimum Gasteiger partial charge on any atom is -0.494 e. The van der Waals surface area contributed by atoms with E-state index in [2.05, 4.69) is 5.32 Å². The van der Waals surface area contributed by atoms with Crippen molar-refractivity contribution in [2.24, 2.45) is 0 Å². The number of nitrogens with one attached hydrogen (secondary N) is 1. The Kier molecular flexibility index (Phi) is 5.64. The molecule has 7 nitrogen and oxygen atoms in total. The largest absolute Gasteiger partial charge is 0.494 e. The molecule has 0 aromatic heterocycles. The van der Waals surface area contributed by atoms with Gasteiger partial charge in [0.05, 0.1) is 38.4 Å². The Morgan fingerprint density at radius 3 is 2.92 bits per heavy atom. The number of hydrogen-bond acceptors (Lipinski definition) is 6. The number of ether oxygens (including phenoxy) is 3. The quantitative estimate of drug-likeness (QED) is 0.796. The highest BCUT2D eigenvalue weighted by molar-refractivity contribution is 5.81. The standard InChI is InChI=1S/C17H20N2O5/c1-3-23-12-4-5-13-14(10-12)24-9-7-17(13,11-16(21)22-2)19-15(20)6-8-18/h4-5,10H,3,6-7,9,11H2,1-2H3,(H,19,20)/t17-/m1/s1. The van der Waals surface area contributed by atoms with E-state index in [-0.39, 0.29) is 12.8 Å². The molecule has 24 heavy (non-hydrogen) atoms. The molecule has 0 fully saturated rings. The smallest absolute Gasteiger partial charge is 0.308 e. The monoisotopic (exact) mass is 332 g/mol. The van der Waals surface area contributed by atoms with Gasteiger partial charge in [0.15, 0.2) is 0 Å². The molecule has 0 radical (unpaired) electrons. The first-order valence-corrected chi connectivity index (χ1v) is 7.69. The molecule has 0 spiro atoms. The van der Waals surface area contributed by atoms with Gasteiger partial charge in [-0.05, 0) is 19.1 Å². The van der Waals surface area contributed by atoms with Crippen LogP contribution >= 0.6 is 0 Å². The van der Waals surface area contributed by atoms with Crippen molar-refractivity contribution in [2.45, 2.75) is 31.7 Å². The Labute approximate surface area is 140 Å². The predicted octanol–water partition coefficient (Wildman–Crippen LogP) is 1.66. The second kappa shape index (κ2) is 7.68. The summed E-state index contributed by atoms with van der Waals surface area (Å²) < 4.78 is 15.9. The fourth-order valence-electron chi connectivity index (χ4n) is 2.80. The molecule has 0 saturated carbocycles. The fourth-order valence-corrected chi connectivity index (χ4v) is 2.80. The Balaban J connectivity index is 2.42. The topological polar surface area (TPSA) is 97.7 Å². The summed E-state index contributed by atoms with van der Waals surface area (Å²) in [5.41, 5.74) is -0.284. The first kappa shape index (κ1) is 17.6. The normalized spacial score (nSPS) is 18.5. The summed E-state index contributed by atoms with van der Waals surface area (Å²) in [4.78, 5) is 23.9. The number of hydrogen-bond donors (Lipinski definition) is 1. The van der Waals surface area contributed by atoms with Crippen LogP contribution in [0.3, 0.4) is 0 Å². The van der Waals surface area contributed by atoms with Crippen LogP contribution in [0.2, 0.25) is 0 Å². The Hall–Kier alpha value is -2.75. The van der Waals surface area contributed by atoms with Crippen LogP contribution in [0.15, 0.2) is 18.2 Å². The van der Waals surface area contributed by atoms with Crippen molar-refractivity contribution in [1.82, 2.24) is 5.32 Å². The van der Waals surface area contributed by atoms with Gasteiger partial charge in [0.1, 0.15) is 17.9 Å². The molecule has 7 heteroatoms. The minimum absolute atomic E-state index is 0.0367. The van der Waals surface area contributed by atoms with Gasteiger partial charge in [0.25, 0.3) is 0 Å². The summed E-state index contributed by atoms with van der Waals surface area (Å²) in [6, 6.07) is 7.08. The lowest BCUT2D eigenvalue weighted by molar-refractivity contribution is -0.143. The lowest BCUT2D eigenvalue weighted by Crippen LogP contribution is -2.50. The molecule has 2 rings (SSSR count). The molecule has 1 aromatic rings. The van der Waals surface area contributed by atoms with Crippen molar-refractivity contribution in [3.8, 4) is 17.6 Å². The summed E-state index contributed by atoms with van der Waals surface area (Å²) in [7, 11) is 1.30. The van der Waals surface area contributed by atoms with Crippen molar-refractivity contribution in [1.29, 1.82) is 5.26 Å². The van der Waals surface area contributed by atoms with Crippen LogP contribution in [-0.4, -0.2) is 32.2 Å². The second-order valence-electron chi connectivity index (χ2n) is 5.41. The van der Waals surface area contributed by atoms with E-state index in [1.807, 2.05) is 13.0 Å². The van der Waals surface area contributed by atoms with Gasteiger partial charge in [-0.2, -0.15) is 5.26 Å². The number of fused-ring (bicyclic) bond motifs is 1. The molecule has 1 N–H and O–H groups in total. The number of methoxy groups -OCH3 is 1. The molecule has 1 aliphatic heterocycles. The number of nitrogens with zero attached hydrogens (tertiary/aromatic N) is 1. The first-order valence-electron chi connectivity index (χ1n) is 7.69. The van der Waals surface area contributed by atoms with Crippen LogP contribution in [0.25, 0.3) is 0 Å². The van der Waals surface area contributed by atoms with Crippen molar-refractivity contribution in [2.75, 3.05) is 20.3 Å². The number of nitriles is 1. The van der Waals surface area contributed by atoms with Crippen LogP contribution < -0.4 is 14.8 Å². The van der Waals surface area contributed by atoms with Crippen LogP contribution in [0.4, 0.5) is 0 Å². The number of amides is 1. The summed E-state index contributed by atoms with van der Waals surface area (Å²) in [6.45, 7) is 2.72. The van der Waals surface area contributed by atoms with Gasteiger partial charge in [0.2, 0.25) is 5.91 Å². The molecule has 128 valence electrons. The van der Waals surface area contributed by atoms with Crippen molar-refractivity contribution >= 4 is 11.9 Å². The zero-order valence-corrected chi connectivity index (χ0v) is 13.8. The highest BCUT2D eigenvalue weighted by atomic mass is 16.5. The fraction of sp³-hybridized carbons (Fsp3) is 0.471. The van der Waals surface area contributed by atoms with E-state index in [0.29, 0.717) is 36.7 Å². The second-order valence-corrected chi connectivity index (χ2v) is 5.41. The molecule has 1 heterocycles. The van der Waals surface area contributed by atoms with Gasteiger partial charge < -0.3 is 19.5 Å². The van der Waals surface area contributed by atoms with Crippen molar-refractivity contribution in [3.05, 3.63) is 23.8 Å². The van der Waals surface area contributed by atoms with Gasteiger partial charge in [-0.1, -0.05) is 0 Å². The number of esters is 1. The van der Waals surface area contributed by atoms with Crippen LogP contribution in [0, 0.1) is 11.3 Å². The lowest BCUT2D eigenvalue weighted by atomic mass is 9.81. The maximum Gasteiger partial charge on any atom is 0.308 e. The van der Waals surface area contributed by atoms with E-state index < -0.39 is 17.4 Å². The first-order chi connectivity index (χ1) is 11.5. The summed E-state index contributed by atoms with van der Waals surface area (Å²) in [5, 5.41) is 11.5. The molecule has 1 amide bonds. The van der Waals surface area contributed by atoms with Crippen LogP contribution in [-0.2, 0) is 19.9 Å². The average Bonchev–Trinajstić information content (AvgIpc) is 2.55. The van der Waals surface area contributed by atoms with E-state index in [4.69, 9.17) is 19.5 Å². The maximum absolute atomic E-state index is 12.0. The Bertz CT molecular complexity index is 667. The highest BCUT2D eigenvalue weighted by Crippen LogP contribution is 2.41. The van der Waals surface area contributed by atoms with Crippen molar-refractivity contribution in [3.63, 3.8) is 0 Å². The predicted molar refractivity (Wildman–Crippen MR) is 84.4 cm³/mol. The molecule has 0 bridgehead atoms. The van der Waals surface area contributed by atoms with Gasteiger partial charge in [-0.25, -0.2) is 0 Å². The molecule has 1 aliphatic rings. The zero-order valence-electron chi connectivity index (χ0n) is 13.8. The van der Waals surface area contributed by atoms with Gasteiger partial charge in [0, 0.05) is 18.1 Å². The summed E-state index contributed by atoms with van der Waals surface area (Å²) in [6.07, 6.45) is 0.0847. The van der Waals surface area contributed by atoms with E-state index in [1.54, 1.807) is 18.2 Å². The van der Waals surface area contributed by atoms with Crippen LogP contribution in [0.5, 0.6) is 11.5 Å². The van der Waals surface area contributed by atoms with Crippen molar-refractivity contribution < 1.29 is 23.8 Å². The van der Waals surface area contributed by atoms with Crippen LogP contribution in [0.1, 0.15) is 31.7 Å². The highest BCUT2D eigenvalue weighted by Gasteiger charge is 2.41. The molecular formula is C17H20N2O5. The third-order valence-corrected chi connectivity index (χ3v) is 3.86. The molecular weight excluding hydrogens is 312 g/mol. The molecule has 0 unspecified atom stereocenters. The summed E-state index contributed by atoms with van der Waals surface area (Å²) >= 11 is 0. The maximum atomic E-state index is 12.0. The molecule has 0 aliphatic carbocycles. The lowest BCUT2D eigenvalue weighted by Gasteiger charge is -2.38. The minimum atomic E-state index is -0.959. The number of carbonyl (C=O) groups excluding carboxylic acids is 2. The SMILES string of the molecule is CCOc1ccc2c(c1)OCC[C@]2(CC(=O)OC)NC(=O)CC#N. The number of carbonyl (C=O) groups is 2. The third-order valence-electron chi connectivity index (χ3n) is 3.86. The molecule has 0 saturated heterocycles. The molecule has 1 atom stereocenters.